The van der Waals surface area contributed by atoms with Gasteiger partial charge in [0.1, 0.15) is 19.0 Å². The number of halogens is 1. The van der Waals surface area contributed by atoms with Crippen LogP contribution in [0.25, 0.3) is 0 Å². The van der Waals surface area contributed by atoms with E-state index in [-0.39, 0.29) is 52.2 Å². The van der Waals surface area contributed by atoms with E-state index >= 15 is 0 Å². The molecule has 2 aromatic carbocycles. The van der Waals surface area contributed by atoms with Crippen LogP contribution in [0, 0.1) is 12.3 Å². The molecular weight excluding hydrogens is 725 g/mol. The number of benzene rings is 2. The molecule has 2 aliphatic carbocycles. The van der Waals surface area contributed by atoms with Gasteiger partial charge in [0, 0.05) is 52.2 Å². The van der Waals surface area contributed by atoms with Crippen LogP contribution in [0.1, 0.15) is 101 Å². The molecule has 11 heteroatoms. The van der Waals surface area contributed by atoms with Crippen molar-refractivity contribution in [2.45, 2.75) is 109 Å². The molecular formula is C40H57BrMgN2O7. The van der Waals surface area contributed by atoms with Gasteiger partial charge in [0.15, 0.2) is 0 Å². The monoisotopic (exact) mass is 780 g/mol. The second-order valence-corrected chi connectivity index (χ2v) is 13.6. The Bertz CT molecular complexity index is 1210. The van der Waals surface area contributed by atoms with E-state index in [0.717, 1.165) is 62.9 Å². The molecule has 278 valence electrons. The summed E-state index contributed by atoms with van der Waals surface area (Å²) in [6, 6.07) is 19.4. The first kappa shape index (κ1) is 45.0. The number of nitrogens with zero attached hydrogens (tertiary/aromatic N) is 2. The van der Waals surface area contributed by atoms with Crippen molar-refractivity contribution in [3.05, 3.63) is 78.2 Å². The summed E-state index contributed by atoms with van der Waals surface area (Å²) in [5.41, 5.74) is 1.52. The van der Waals surface area contributed by atoms with Gasteiger partial charge in [-0.05, 0) is 81.3 Å². The van der Waals surface area contributed by atoms with Gasteiger partial charge in [-0.3, -0.25) is 4.79 Å². The second kappa shape index (κ2) is 25.7. The molecule has 5 fully saturated rings. The van der Waals surface area contributed by atoms with Crippen LogP contribution in [0.15, 0.2) is 60.7 Å². The molecule has 0 radical (unpaired) electrons. The van der Waals surface area contributed by atoms with Crippen molar-refractivity contribution >= 4 is 41.0 Å². The molecule has 51 heavy (non-hydrogen) atoms. The average Bonchev–Trinajstić information content (AvgIpc) is 4.07. The van der Waals surface area contributed by atoms with Crippen LogP contribution >= 0.6 is 0 Å². The Morgan fingerprint density at radius 1 is 0.725 bits per heavy atom. The van der Waals surface area contributed by atoms with Crippen LogP contribution in [0.2, 0.25) is 0 Å². The van der Waals surface area contributed by atoms with E-state index in [0.29, 0.717) is 63.9 Å². The summed E-state index contributed by atoms with van der Waals surface area (Å²) in [6.07, 6.45) is 15.3. The Morgan fingerprint density at radius 3 is 1.49 bits per heavy atom. The molecule has 9 nitrogen and oxygen atoms in total. The van der Waals surface area contributed by atoms with Crippen LogP contribution in [0.5, 0.6) is 0 Å². The minimum Gasteiger partial charge on any atom is -1.00 e. The fraction of sp³-hybridized carbons (Fsp3) is 0.600. The third-order valence-corrected chi connectivity index (χ3v) is 9.22. The summed E-state index contributed by atoms with van der Waals surface area (Å²) in [4.78, 5) is 38.9. The molecule has 0 atom stereocenters. The number of rotatable bonds is 5. The van der Waals surface area contributed by atoms with Crippen molar-refractivity contribution in [2.75, 3.05) is 39.4 Å². The Morgan fingerprint density at radius 2 is 1.14 bits per heavy atom. The van der Waals surface area contributed by atoms with Crippen molar-refractivity contribution < 1.29 is 50.7 Å². The molecule has 3 aliphatic heterocycles. The summed E-state index contributed by atoms with van der Waals surface area (Å²) < 4.78 is 15.6. The van der Waals surface area contributed by atoms with Crippen molar-refractivity contribution in [1.82, 2.24) is 9.80 Å². The van der Waals surface area contributed by atoms with Crippen molar-refractivity contribution in [1.29, 1.82) is 0 Å². The minimum atomic E-state index is -0.472. The smallest absolute Gasteiger partial charge is 1.00 e. The van der Waals surface area contributed by atoms with Crippen molar-refractivity contribution in [3.63, 3.8) is 0 Å². The van der Waals surface area contributed by atoms with E-state index < -0.39 is 5.60 Å². The predicted molar refractivity (Wildman–Crippen MR) is 195 cm³/mol. The number of carbonyl (C=O) groups excluding carboxylic acids is 3. The molecule has 7 rings (SSSR count). The molecule has 0 aromatic heterocycles. The Labute approximate surface area is 332 Å². The van der Waals surface area contributed by atoms with E-state index in [1.165, 1.54) is 38.5 Å². The zero-order chi connectivity index (χ0) is 34.6. The number of amides is 2. The first-order valence-electron chi connectivity index (χ1n) is 18.5. The number of hydrogen-bond acceptors (Lipinski definition) is 7. The van der Waals surface area contributed by atoms with Gasteiger partial charge in [-0.15, -0.1) is 0 Å². The second-order valence-electron chi connectivity index (χ2n) is 13.6. The van der Waals surface area contributed by atoms with Gasteiger partial charge in [-0.1, -0.05) is 60.7 Å². The largest absolute Gasteiger partial charge is 2.00 e. The van der Waals surface area contributed by atoms with Gasteiger partial charge < -0.3 is 52.5 Å². The van der Waals surface area contributed by atoms with E-state index in [2.05, 4.69) is 6.42 Å². The van der Waals surface area contributed by atoms with Gasteiger partial charge in [-0.2, -0.15) is 0 Å². The van der Waals surface area contributed by atoms with E-state index in [4.69, 9.17) is 14.2 Å². The van der Waals surface area contributed by atoms with Crippen LogP contribution in [-0.2, 0) is 32.2 Å². The fourth-order valence-corrected chi connectivity index (χ4v) is 6.09. The maximum atomic E-state index is 12.2. The van der Waals surface area contributed by atoms with Crippen molar-refractivity contribution in [3.8, 4) is 0 Å². The van der Waals surface area contributed by atoms with E-state index in [1.54, 1.807) is 9.80 Å². The molecule has 2 aromatic rings. The zero-order valence-corrected chi connectivity index (χ0v) is 33.4. The maximum Gasteiger partial charge on any atom is 2.00 e. The molecule has 3 saturated heterocycles. The molecule has 2 amide bonds. The molecule has 0 unspecified atom stereocenters. The van der Waals surface area contributed by atoms with Gasteiger partial charge in [0.25, 0.3) is 0 Å². The summed E-state index contributed by atoms with van der Waals surface area (Å²) in [5, 5.41) is 10.7. The normalized spacial score (nSPS) is 19.4. The summed E-state index contributed by atoms with van der Waals surface area (Å²) in [5.74, 6) is 0.807. The standard InChI is InChI=1S/C18H25NO3.C15H19NO3.C4H8O.C3H5.BrH.Mg/c20-17(22-14-15-6-2-1-3-7-15)19-12-4-10-18(21,11-5-13-19)16-8-9-16;17-14-8-4-10-16(11-5-9-14)15(18)19-12-13-6-2-1-3-7-13;1-2-4-5-3-1;1-2-3-1;;/h1-3,6-7,16,21H,4-5,8-14H2;1-3,6-7H,4-5,8-12H2;1-4H2;1H,2-3H2;1H;/q;;;-1;;+2/p-1. The number of ketones is 1. The maximum absolute atomic E-state index is 12.2. The Hall–Kier alpha value is -2.18. The first-order valence-corrected chi connectivity index (χ1v) is 18.5. The van der Waals surface area contributed by atoms with E-state index in [9.17, 15) is 19.5 Å². The molecule has 1 N–H and O–H groups in total. The number of ether oxygens (including phenoxy) is 3. The molecule has 3 heterocycles. The summed E-state index contributed by atoms with van der Waals surface area (Å²) in [6.45, 7) is 5.21. The third-order valence-electron chi connectivity index (χ3n) is 9.22. The molecule has 5 aliphatic rings. The van der Waals surface area contributed by atoms with Crippen LogP contribution in [-0.4, -0.2) is 101 Å². The Kier molecular flexibility index (Phi) is 22.7. The number of carbonyl (C=O) groups is 3. The first-order chi connectivity index (χ1) is 23.9. The Balaban J connectivity index is 0.000000281. The third kappa shape index (κ3) is 18.9. The quantitative estimate of drug-likeness (QED) is 0.352. The predicted octanol–water partition coefficient (Wildman–Crippen LogP) is 4.51. The summed E-state index contributed by atoms with van der Waals surface area (Å²) >= 11 is 0. The molecule has 0 spiro atoms. The number of aliphatic hydroxyl groups is 1. The summed E-state index contributed by atoms with van der Waals surface area (Å²) in [7, 11) is 0. The van der Waals surface area contributed by atoms with Gasteiger partial charge in [-0.25, -0.2) is 22.4 Å². The molecule has 2 saturated carbocycles. The zero-order valence-electron chi connectivity index (χ0n) is 30.4. The number of likely N-dealkylation sites (tertiary alicyclic amines) is 2. The topological polar surface area (TPSA) is 106 Å². The number of hydrogen-bond donors (Lipinski definition) is 1. The SMILES string of the molecule is C1CCOC1.O=C(OCc1ccccc1)N1CCCC(O)(C2CC2)CCC1.O=C1CCCN(C(=O)OCc2ccccc2)CCC1.[Br-].[CH-]1CC1.[Mg+2]. The average molecular weight is 782 g/mol. The van der Waals surface area contributed by atoms with Gasteiger partial charge in [0.2, 0.25) is 0 Å². The van der Waals surface area contributed by atoms with E-state index in [1.807, 2.05) is 60.7 Å². The van der Waals surface area contributed by atoms with Crippen molar-refractivity contribution in [2.24, 2.45) is 5.92 Å². The van der Waals surface area contributed by atoms with Crippen LogP contribution in [0.4, 0.5) is 9.59 Å². The van der Waals surface area contributed by atoms with Crippen LogP contribution < -0.4 is 17.0 Å². The minimum absolute atomic E-state index is 0. The fourth-order valence-electron chi connectivity index (χ4n) is 6.09. The number of Topliss-reactive ketones (excluding diaryl/α,β-unsaturated/α-hetero) is 1. The van der Waals surface area contributed by atoms with Gasteiger partial charge in [0.05, 0.1) is 5.60 Å². The molecule has 0 bridgehead atoms. The van der Waals surface area contributed by atoms with Crippen LogP contribution in [0.3, 0.4) is 0 Å². The van der Waals surface area contributed by atoms with Gasteiger partial charge >= 0.3 is 35.2 Å².